The largest absolute Gasteiger partial charge is 0.491 e. The lowest BCUT2D eigenvalue weighted by Gasteiger charge is -2.16. The molecule has 9 nitrogen and oxygen atoms in total. The number of azo groups is 1. The number of Topliss-reactive ketones (excluding diaryl/α,β-unsaturated/α-hetero) is 1. The summed E-state index contributed by atoms with van der Waals surface area (Å²) < 4.78 is 21.6. The van der Waals surface area contributed by atoms with E-state index in [1.807, 2.05) is 13.8 Å². The minimum Gasteiger partial charge on any atom is -0.491 e. The number of hydrogen-bond donors (Lipinski definition) is 1. The molecule has 0 saturated carbocycles. The number of ketones is 1. The maximum absolute atomic E-state index is 12.8. The molecule has 0 radical (unpaired) electrons. The fraction of sp³-hybridized carbons (Fsp3) is 0.364. The summed E-state index contributed by atoms with van der Waals surface area (Å²) in [6.45, 7) is 5.88. The first-order valence-corrected chi connectivity index (χ1v) is 10.3. The van der Waals surface area contributed by atoms with Crippen LogP contribution in [0, 0.1) is 0 Å². The predicted molar refractivity (Wildman–Crippen MR) is 121 cm³/mol. The van der Waals surface area contributed by atoms with Crippen molar-refractivity contribution in [2.45, 2.75) is 26.8 Å². The lowest BCUT2D eigenvalue weighted by atomic mass is 10.2. The Kier molecular flexibility index (Phi) is 9.27. The van der Waals surface area contributed by atoms with Gasteiger partial charge in [0.1, 0.15) is 0 Å². The second kappa shape index (κ2) is 11.9. The van der Waals surface area contributed by atoms with Crippen molar-refractivity contribution in [3.05, 3.63) is 35.4 Å². The molecular weight excluding hydrogens is 438 g/mol. The molecule has 2 rings (SSSR count). The van der Waals surface area contributed by atoms with Gasteiger partial charge >= 0.3 is 0 Å². The fourth-order valence-corrected chi connectivity index (χ4v) is 3.00. The molecule has 0 saturated heterocycles. The Hall–Kier alpha value is -3.33. The number of amides is 1. The second-order valence-electron chi connectivity index (χ2n) is 6.38. The number of methoxy groups -OCH3 is 2. The van der Waals surface area contributed by atoms with Crippen LogP contribution in [-0.4, -0.2) is 45.2 Å². The van der Waals surface area contributed by atoms with Gasteiger partial charge in [-0.1, -0.05) is 11.6 Å². The van der Waals surface area contributed by atoms with E-state index in [1.165, 1.54) is 33.3 Å². The van der Waals surface area contributed by atoms with Gasteiger partial charge in [-0.25, -0.2) is 0 Å². The number of hydrogen-bond acceptors (Lipinski definition) is 8. The molecule has 0 aliphatic heterocycles. The normalized spacial score (nSPS) is 11.7. The van der Waals surface area contributed by atoms with Gasteiger partial charge in [0, 0.05) is 6.07 Å². The molecule has 0 aliphatic rings. The highest BCUT2D eigenvalue weighted by atomic mass is 35.5. The van der Waals surface area contributed by atoms with Crippen LogP contribution < -0.4 is 24.3 Å². The monoisotopic (exact) mass is 463 g/mol. The van der Waals surface area contributed by atoms with Crippen molar-refractivity contribution in [2.75, 3.05) is 32.8 Å². The summed E-state index contributed by atoms with van der Waals surface area (Å²) in [6, 6.07) is 6.67. The number of halogens is 1. The molecule has 1 atom stereocenters. The van der Waals surface area contributed by atoms with Crippen molar-refractivity contribution in [1.29, 1.82) is 0 Å². The molecule has 1 N–H and O–H groups in total. The molecule has 0 spiro atoms. The summed E-state index contributed by atoms with van der Waals surface area (Å²) in [5, 5.41) is 10.9. The zero-order valence-corrected chi connectivity index (χ0v) is 19.4. The van der Waals surface area contributed by atoms with Gasteiger partial charge < -0.3 is 24.3 Å². The lowest BCUT2D eigenvalue weighted by Crippen LogP contribution is -2.32. The first-order chi connectivity index (χ1) is 15.4. The van der Waals surface area contributed by atoms with E-state index in [0.717, 1.165) is 0 Å². The topological polar surface area (TPSA) is 108 Å². The van der Waals surface area contributed by atoms with E-state index >= 15 is 0 Å². The van der Waals surface area contributed by atoms with E-state index in [0.29, 0.717) is 35.4 Å². The van der Waals surface area contributed by atoms with Crippen LogP contribution in [0.3, 0.4) is 0 Å². The SMILES string of the molecule is CCOc1ccc(N=NC(C(C)=O)C(=O)Nc2ccc(Cl)c(OC)c2OC)cc1OCC. The van der Waals surface area contributed by atoms with Crippen LogP contribution >= 0.6 is 11.6 Å². The Morgan fingerprint density at radius 2 is 1.66 bits per heavy atom. The van der Waals surface area contributed by atoms with Gasteiger partial charge in [-0.2, -0.15) is 10.2 Å². The number of rotatable bonds is 11. The molecule has 172 valence electrons. The first kappa shape index (κ1) is 24.9. The van der Waals surface area contributed by atoms with Crippen molar-refractivity contribution in [3.8, 4) is 23.0 Å². The molecule has 0 bridgehead atoms. The minimum absolute atomic E-state index is 0.223. The van der Waals surface area contributed by atoms with Crippen LogP contribution in [0.25, 0.3) is 0 Å². The van der Waals surface area contributed by atoms with E-state index in [-0.39, 0.29) is 17.2 Å². The smallest absolute Gasteiger partial charge is 0.258 e. The number of benzene rings is 2. The zero-order valence-electron chi connectivity index (χ0n) is 18.6. The van der Waals surface area contributed by atoms with Gasteiger partial charge in [-0.05, 0) is 45.0 Å². The zero-order chi connectivity index (χ0) is 23.7. The number of nitrogens with one attached hydrogen (secondary N) is 1. The molecule has 2 aromatic rings. The average Bonchev–Trinajstić information content (AvgIpc) is 2.76. The van der Waals surface area contributed by atoms with Gasteiger partial charge in [-0.3, -0.25) is 9.59 Å². The van der Waals surface area contributed by atoms with Gasteiger partial charge in [0.15, 0.2) is 28.8 Å². The van der Waals surface area contributed by atoms with Crippen LogP contribution in [0.15, 0.2) is 40.6 Å². The molecule has 1 unspecified atom stereocenters. The number of carbonyl (C=O) groups is 2. The maximum atomic E-state index is 12.8. The predicted octanol–water partition coefficient (Wildman–Crippen LogP) is 4.83. The van der Waals surface area contributed by atoms with Crippen LogP contribution in [0.5, 0.6) is 23.0 Å². The van der Waals surface area contributed by atoms with E-state index < -0.39 is 17.7 Å². The van der Waals surface area contributed by atoms with Crippen molar-refractivity contribution in [1.82, 2.24) is 0 Å². The summed E-state index contributed by atoms with van der Waals surface area (Å²) in [7, 11) is 2.84. The molecule has 1 amide bonds. The molecule has 2 aromatic carbocycles. The number of ether oxygens (including phenoxy) is 4. The summed E-state index contributed by atoms with van der Waals surface area (Å²) >= 11 is 6.09. The second-order valence-corrected chi connectivity index (χ2v) is 6.78. The molecule has 0 aromatic heterocycles. The highest BCUT2D eigenvalue weighted by Crippen LogP contribution is 2.41. The summed E-state index contributed by atoms with van der Waals surface area (Å²) in [6.07, 6.45) is 0. The Morgan fingerprint density at radius 1 is 1.00 bits per heavy atom. The lowest BCUT2D eigenvalue weighted by molar-refractivity contribution is -0.126. The number of nitrogens with zero attached hydrogens (tertiary/aromatic N) is 2. The Bertz CT molecular complexity index is 996. The average molecular weight is 464 g/mol. The van der Waals surface area contributed by atoms with Crippen LogP contribution in [0.1, 0.15) is 20.8 Å². The molecule has 0 fully saturated rings. The third-order valence-corrected chi connectivity index (χ3v) is 4.48. The Labute approximate surface area is 191 Å². The third-order valence-electron chi connectivity index (χ3n) is 4.18. The van der Waals surface area contributed by atoms with Gasteiger partial charge in [-0.15, -0.1) is 0 Å². The molecule has 0 aliphatic carbocycles. The van der Waals surface area contributed by atoms with Crippen molar-refractivity contribution in [2.24, 2.45) is 10.2 Å². The van der Waals surface area contributed by atoms with Crippen molar-refractivity contribution in [3.63, 3.8) is 0 Å². The summed E-state index contributed by atoms with van der Waals surface area (Å²) in [5.41, 5.74) is 0.682. The Balaban J connectivity index is 2.28. The standard InChI is InChI=1S/C22H26ClN3O6/c1-6-31-17-11-8-14(12-18(17)32-7-2)25-26-19(13(3)27)22(28)24-16-10-9-15(23)20(29-4)21(16)30-5/h8-12,19H,6-7H2,1-5H3,(H,24,28). The fourth-order valence-electron chi connectivity index (χ4n) is 2.78. The van der Waals surface area contributed by atoms with E-state index in [4.69, 9.17) is 30.5 Å². The van der Waals surface area contributed by atoms with Crippen molar-refractivity contribution < 1.29 is 28.5 Å². The number of anilines is 1. The first-order valence-electron chi connectivity index (χ1n) is 9.88. The van der Waals surface area contributed by atoms with Crippen LogP contribution in [-0.2, 0) is 9.59 Å². The quantitative estimate of drug-likeness (QED) is 0.377. The van der Waals surface area contributed by atoms with Gasteiger partial charge in [0.25, 0.3) is 5.91 Å². The van der Waals surface area contributed by atoms with Gasteiger partial charge in [0.2, 0.25) is 6.04 Å². The molecular formula is C22H26ClN3O6. The highest BCUT2D eigenvalue weighted by Gasteiger charge is 2.25. The highest BCUT2D eigenvalue weighted by molar-refractivity contribution is 6.32. The van der Waals surface area contributed by atoms with Gasteiger partial charge in [0.05, 0.1) is 43.8 Å². The Morgan fingerprint density at radius 3 is 2.25 bits per heavy atom. The van der Waals surface area contributed by atoms with Crippen molar-refractivity contribution >= 4 is 34.7 Å². The molecule has 10 heteroatoms. The number of carbonyl (C=O) groups excluding carboxylic acids is 2. The third kappa shape index (κ3) is 6.10. The van der Waals surface area contributed by atoms with E-state index in [1.54, 1.807) is 18.2 Å². The molecule has 0 heterocycles. The van der Waals surface area contributed by atoms with Crippen LogP contribution in [0.4, 0.5) is 11.4 Å². The summed E-state index contributed by atoms with van der Waals surface area (Å²) in [5.74, 6) is 0.374. The van der Waals surface area contributed by atoms with E-state index in [2.05, 4.69) is 15.5 Å². The maximum Gasteiger partial charge on any atom is 0.258 e. The molecule has 32 heavy (non-hydrogen) atoms. The van der Waals surface area contributed by atoms with Crippen LogP contribution in [0.2, 0.25) is 5.02 Å². The minimum atomic E-state index is -1.37. The van der Waals surface area contributed by atoms with E-state index in [9.17, 15) is 9.59 Å². The summed E-state index contributed by atoms with van der Waals surface area (Å²) in [4.78, 5) is 24.9.